The Kier molecular flexibility index (Phi) is 3.16. The van der Waals surface area contributed by atoms with Crippen LogP contribution in [0.1, 0.15) is 18.6 Å². The first-order chi connectivity index (χ1) is 6.52. The van der Waals surface area contributed by atoms with Crippen molar-refractivity contribution in [2.24, 2.45) is 0 Å². The van der Waals surface area contributed by atoms with Crippen molar-refractivity contribution in [1.82, 2.24) is 0 Å². The van der Waals surface area contributed by atoms with Gasteiger partial charge in [0.25, 0.3) is 5.69 Å². The second-order valence-corrected chi connectivity index (χ2v) is 3.04. The van der Waals surface area contributed by atoms with Crippen molar-refractivity contribution in [3.8, 4) is 0 Å². The first-order valence-electron chi connectivity index (χ1n) is 4.13. The van der Waals surface area contributed by atoms with Crippen molar-refractivity contribution >= 4 is 5.69 Å². The molecule has 76 valence electrons. The number of rotatable bonds is 3. The molecule has 1 aromatic carbocycles. The zero-order chi connectivity index (χ0) is 10.7. The van der Waals surface area contributed by atoms with Gasteiger partial charge in [-0.3, -0.25) is 10.1 Å². The summed E-state index contributed by atoms with van der Waals surface area (Å²) < 4.78 is 0. The quantitative estimate of drug-likeness (QED) is 0.559. The minimum Gasteiger partial charge on any atom is -0.390 e. The van der Waals surface area contributed by atoms with E-state index in [1.54, 1.807) is 0 Å². The smallest absolute Gasteiger partial charge is 0.269 e. The summed E-state index contributed by atoms with van der Waals surface area (Å²) in [4.78, 5) is 9.86. The molecule has 0 fully saturated rings. The van der Waals surface area contributed by atoms with E-state index in [2.05, 4.69) is 0 Å². The van der Waals surface area contributed by atoms with Crippen LogP contribution in [-0.4, -0.2) is 21.2 Å². The summed E-state index contributed by atoms with van der Waals surface area (Å²) in [6.07, 6.45) is -2.04. The highest BCUT2D eigenvalue weighted by Crippen LogP contribution is 2.21. The Morgan fingerprint density at radius 2 is 2.07 bits per heavy atom. The molecule has 1 aromatic rings. The minimum atomic E-state index is -1.09. The van der Waals surface area contributed by atoms with E-state index in [1.165, 1.54) is 31.2 Å². The molecule has 0 unspecified atom stereocenters. The van der Waals surface area contributed by atoms with Gasteiger partial charge in [0.2, 0.25) is 0 Å². The standard InChI is InChI=1S/C9H11NO4/c1-6(11)9(12)7-3-2-4-8(5-7)10(13)14/h2-6,9,11-12H,1H3/t6-,9+/m1/s1. The maximum absolute atomic E-state index is 10.4. The normalized spacial score (nSPS) is 14.8. The van der Waals surface area contributed by atoms with Gasteiger partial charge in [-0.2, -0.15) is 0 Å². The molecule has 0 spiro atoms. The van der Waals surface area contributed by atoms with E-state index in [0.717, 1.165) is 0 Å². The molecule has 0 aliphatic carbocycles. The summed E-state index contributed by atoms with van der Waals surface area (Å²) in [5, 5.41) is 28.9. The SMILES string of the molecule is C[C@@H](O)[C@H](O)c1cccc([N+](=O)[O-])c1. The summed E-state index contributed by atoms with van der Waals surface area (Å²) in [5.41, 5.74) is 0.247. The van der Waals surface area contributed by atoms with E-state index < -0.39 is 17.1 Å². The minimum absolute atomic E-state index is 0.0952. The van der Waals surface area contributed by atoms with Crippen molar-refractivity contribution in [2.45, 2.75) is 19.1 Å². The van der Waals surface area contributed by atoms with Gasteiger partial charge in [-0.05, 0) is 12.5 Å². The Balaban J connectivity index is 2.99. The van der Waals surface area contributed by atoms with E-state index in [4.69, 9.17) is 5.11 Å². The van der Waals surface area contributed by atoms with Crippen molar-refractivity contribution in [2.75, 3.05) is 0 Å². The number of hydrogen-bond acceptors (Lipinski definition) is 4. The molecule has 0 amide bonds. The molecule has 0 aliphatic heterocycles. The number of nitro benzene ring substituents is 1. The first-order valence-corrected chi connectivity index (χ1v) is 4.13. The average Bonchev–Trinajstić information content (AvgIpc) is 2.16. The Morgan fingerprint density at radius 1 is 1.43 bits per heavy atom. The maximum atomic E-state index is 10.4. The second kappa shape index (κ2) is 4.17. The van der Waals surface area contributed by atoms with Crippen LogP contribution in [0.5, 0.6) is 0 Å². The molecule has 0 saturated carbocycles. The van der Waals surface area contributed by atoms with Crippen molar-refractivity contribution in [3.63, 3.8) is 0 Å². The Hall–Kier alpha value is -1.46. The molecule has 5 heteroatoms. The number of nitro groups is 1. The van der Waals surface area contributed by atoms with E-state index in [9.17, 15) is 15.2 Å². The lowest BCUT2D eigenvalue weighted by atomic mass is 10.1. The molecular weight excluding hydrogens is 186 g/mol. The van der Waals surface area contributed by atoms with Crippen LogP contribution in [0, 0.1) is 10.1 Å². The molecule has 0 saturated heterocycles. The summed E-state index contributed by atoms with van der Waals surface area (Å²) >= 11 is 0. The largest absolute Gasteiger partial charge is 0.390 e. The highest BCUT2D eigenvalue weighted by atomic mass is 16.6. The molecule has 1 rings (SSSR count). The van der Waals surface area contributed by atoms with Crippen LogP contribution in [0.2, 0.25) is 0 Å². The fourth-order valence-electron chi connectivity index (χ4n) is 1.10. The molecule has 0 radical (unpaired) electrons. The lowest BCUT2D eigenvalue weighted by molar-refractivity contribution is -0.385. The number of non-ortho nitro benzene ring substituents is 1. The molecule has 0 bridgehead atoms. The third-order valence-corrected chi connectivity index (χ3v) is 1.88. The second-order valence-electron chi connectivity index (χ2n) is 3.04. The summed E-state index contributed by atoms with van der Waals surface area (Å²) in [7, 11) is 0. The van der Waals surface area contributed by atoms with Crippen LogP contribution < -0.4 is 0 Å². The topological polar surface area (TPSA) is 83.6 Å². The van der Waals surface area contributed by atoms with E-state index in [0.29, 0.717) is 5.56 Å². The van der Waals surface area contributed by atoms with Gasteiger partial charge in [0, 0.05) is 12.1 Å². The molecule has 2 atom stereocenters. The Bertz CT molecular complexity index is 337. The van der Waals surface area contributed by atoms with Gasteiger partial charge in [0.05, 0.1) is 11.0 Å². The highest BCUT2D eigenvalue weighted by Gasteiger charge is 2.16. The first kappa shape index (κ1) is 10.6. The lowest BCUT2D eigenvalue weighted by Crippen LogP contribution is -2.13. The van der Waals surface area contributed by atoms with Crippen molar-refractivity contribution < 1.29 is 15.1 Å². The van der Waals surface area contributed by atoms with E-state index >= 15 is 0 Å². The predicted molar refractivity (Wildman–Crippen MR) is 49.7 cm³/mol. The molecule has 0 aromatic heterocycles. The van der Waals surface area contributed by atoms with Gasteiger partial charge in [-0.15, -0.1) is 0 Å². The Morgan fingerprint density at radius 3 is 2.57 bits per heavy atom. The third kappa shape index (κ3) is 2.27. The van der Waals surface area contributed by atoms with Gasteiger partial charge in [0.15, 0.2) is 0 Å². The van der Waals surface area contributed by atoms with Gasteiger partial charge >= 0.3 is 0 Å². The van der Waals surface area contributed by atoms with Crippen LogP contribution in [0.3, 0.4) is 0 Å². The molecule has 5 nitrogen and oxygen atoms in total. The summed E-state index contributed by atoms with van der Waals surface area (Å²) in [6.45, 7) is 1.42. The van der Waals surface area contributed by atoms with Crippen LogP contribution >= 0.6 is 0 Å². The molecule has 2 N–H and O–H groups in total. The predicted octanol–water partition coefficient (Wildman–Crippen LogP) is 1.01. The van der Waals surface area contributed by atoms with Crippen LogP contribution in [0.15, 0.2) is 24.3 Å². The maximum Gasteiger partial charge on any atom is 0.269 e. The van der Waals surface area contributed by atoms with Gasteiger partial charge in [-0.1, -0.05) is 12.1 Å². The van der Waals surface area contributed by atoms with Crippen molar-refractivity contribution in [3.05, 3.63) is 39.9 Å². The molecular formula is C9H11NO4. The molecule has 14 heavy (non-hydrogen) atoms. The Labute approximate surface area is 80.8 Å². The number of aliphatic hydroxyl groups excluding tert-OH is 2. The van der Waals surface area contributed by atoms with Crippen molar-refractivity contribution in [1.29, 1.82) is 0 Å². The summed E-state index contributed by atoms with van der Waals surface area (Å²) in [6, 6.07) is 5.58. The average molecular weight is 197 g/mol. The number of nitrogens with zero attached hydrogens (tertiary/aromatic N) is 1. The zero-order valence-corrected chi connectivity index (χ0v) is 7.62. The third-order valence-electron chi connectivity index (χ3n) is 1.88. The van der Waals surface area contributed by atoms with Crippen LogP contribution in [0.4, 0.5) is 5.69 Å². The molecule has 0 heterocycles. The van der Waals surface area contributed by atoms with Crippen LogP contribution in [-0.2, 0) is 0 Å². The van der Waals surface area contributed by atoms with Gasteiger partial charge in [0.1, 0.15) is 6.10 Å². The molecule has 0 aliphatic rings. The lowest BCUT2D eigenvalue weighted by Gasteiger charge is -2.13. The van der Waals surface area contributed by atoms with Crippen LogP contribution in [0.25, 0.3) is 0 Å². The zero-order valence-electron chi connectivity index (χ0n) is 7.62. The number of hydrogen-bond donors (Lipinski definition) is 2. The van der Waals surface area contributed by atoms with Gasteiger partial charge in [-0.25, -0.2) is 0 Å². The summed E-state index contributed by atoms with van der Waals surface area (Å²) in [5.74, 6) is 0. The fourth-order valence-corrected chi connectivity index (χ4v) is 1.10. The van der Waals surface area contributed by atoms with E-state index in [-0.39, 0.29) is 5.69 Å². The van der Waals surface area contributed by atoms with Gasteiger partial charge < -0.3 is 10.2 Å². The highest BCUT2D eigenvalue weighted by molar-refractivity contribution is 5.35. The number of aliphatic hydroxyl groups is 2. The number of benzene rings is 1. The van der Waals surface area contributed by atoms with E-state index in [1.807, 2.05) is 0 Å². The fraction of sp³-hybridized carbons (Fsp3) is 0.333. The monoisotopic (exact) mass is 197 g/mol.